The van der Waals surface area contributed by atoms with Crippen molar-refractivity contribution in [3.8, 4) is 0 Å². The molecular formula is C14H22ClN5S. The number of benzene rings is 1. The predicted molar refractivity (Wildman–Crippen MR) is 89.1 cm³/mol. The highest BCUT2D eigenvalue weighted by atomic mass is 35.5. The molecule has 0 aliphatic carbocycles. The smallest absolute Gasteiger partial charge is 0.209 e. The molecule has 0 fully saturated rings. The van der Waals surface area contributed by atoms with Crippen molar-refractivity contribution in [1.29, 1.82) is 0 Å². The largest absolute Gasteiger partial charge is 0.316 e. The summed E-state index contributed by atoms with van der Waals surface area (Å²) in [5.74, 6) is 1.58. The number of nitrogens with one attached hydrogen (secondary N) is 1. The van der Waals surface area contributed by atoms with Gasteiger partial charge in [0.05, 0.1) is 0 Å². The summed E-state index contributed by atoms with van der Waals surface area (Å²) in [6, 6.07) is 10.6. The van der Waals surface area contributed by atoms with Gasteiger partial charge in [0.1, 0.15) is 0 Å². The Morgan fingerprint density at radius 1 is 1.29 bits per heavy atom. The Morgan fingerprint density at radius 3 is 2.71 bits per heavy atom. The third-order valence-corrected chi connectivity index (χ3v) is 4.23. The van der Waals surface area contributed by atoms with E-state index < -0.39 is 0 Å². The van der Waals surface area contributed by atoms with Crippen LogP contribution in [0.1, 0.15) is 24.8 Å². The van der Waals surface area contributed by atoms with E-state index in [1.165, 1.54) is 5.56 Å². The van der Waals surface area contributed by atoms with Crippen LogP contribution in [-0.2, 0) is 7.05 Å². The Morgan fingerprint density at radius 2 is 2.05 bits per heavy atom. The molecule has 0 saturated carbocycles. The van der Waals surface area contributed by atoms with E-state index in [0.717, 1.165) is 30.4 Å². The van der Waals surface area contributed by atoms with Crippen molar-refractivity contribution in [3.05, 3.63) is 35.9 Å². The van der Waals surface area contributed by atoms with Crippen LogP contribution in [0.5, 0.6) is 0 Å². The van der Waals surface area contributed by atoms with Gasteiger partial charge in [-0.1, -0.05) is 49.0 Å². The molecular weight excluding hydrogens is 306 g/mol. The van der Waals surface area contributed by atoms with Crippen LogP contribution in [0.2, 0.25) is 0 Å². The number of halogens is 1. The number of thioether (sulfide) groups is 1. The van der Waals surface area contributed by atoms with Crippen LogP contribution >= 0.6 is 24.2 Å². The Kier molecular flexibility index (Phi) is 8.34. The molecule has 5 nitrogen and oxygen atoms in total. The highest BCUT2D eigenvalue weighted by molar-refractivity contribution is 7.99. The Hall–Kier alpha value is -1.11. The van der Waals surface area contributed by atoms with Crippen molar-refractivity contribution < 1.29 is 0 Å². The molecule has 2 rings (SSSR count). The molecule has 0 amide bonds. The van der Waals surface area contributed by atoms with Gasteiger partial charge in [-0.15, -0.1) is 17.5 Å². The van der Waals surface area contributed by atoms with Crippen LogP contribution < -0.4 is 5.32 Å². The lowest BCUT2D eigenvalue weighted by Gasteiger charge is -2.12. The first-order valence-corrected chi connectivity index (χ1v) is 7.86. The lowest BCUT2D eigenvalue weighted by atomic mass is 10.0. The number of aryl methyl sites for hydroxylation is 1. The standard InChI is InChI=1S/C14H21N5S.ClH/c1-12(13-7-4-3-5-8-13)11-15-9-6-10-20-14-16-17-18-19(14)2;/h3-5,7-8,12,15H,6,9-11H2,1-2H3;1H. The molecule has 0 bridgehead atoms. The van der Waals surface area contributed by atoms with Gasteiger partial charge in [-0.2, -0.15) is 0 Å². The number of rotatable bonds is 8. The van der Waals surface area contributed by atoms with Gasteiger partial charge in [0, 0.05) is 19.3 Å². The topological polar surface area (TPSA) is 55.6 Å². The third-order valence-electron chi connectivity index (χ3n) is 3.13. The maximum Gasteiger partial charge on any atom is 0.209 e. The summed E-state index contributed by atoms with van der Waals surface area (Å²) in [6.07, 6.45) is 1.11. The van der Waals surface area contributed by atoms with Gasteiger partial charge in [0.15, 0.2) is 0 Å². The molecule has 116 valence electrons. The zero-order valence-electron chi connectivity index (χ0n) is 12.4. The molecule has 0 saturated heterocycles. The van der Waals surface area contributed by atoms with Gasteiger partial charge in [0.25, 0.3) is 0 Å². The highest BCUT2D eigenvalue weighted by Gasteiger charge is 2.04. The van der Waals surface area contributed by atoms with Crippen LogP contribution in [-0.4, -0.2) is 39.0 Å². The van der Waals surface area contributed by atoms with Crippen molar-refractivity contribution in [1.82, 2.24) is 25.5 Å². The van der Waals surface area contributed by atoms with Crippen LogP contribution in [0.3, 0.4) is 0 Å². The van der Waals surface area contributed by atoms with Gasteiger partial charge >= 0.3 is 0 Å². The maximum atomic E-state index is 3.95. The third kappa shape index (κ3) is 6.03. The van der Waals surface area contributed by atoms with Crippen molar-refractivity contribution in [2.45, 2.75) is 24.4 Å². The van der Waals surface area contributed by atoms with Gasteiger partial charge < -0.3 is 5.32 Å². The number of aromatic nitrogens is 4. The Balaban J connectivity index is 0.00000220. The quantitative estimate of drug-likeness (QED) is 0.596. The minimum absolute atomic E-state index is 0. The fourth-order valence-electron chi connectivity index (χ4n) is 1.92. The summed E-state index contributed by atoms with van der Waals surface area (Å²) in [5, 5.41) is 15.8. The fourth-order valence-corrected chi connectivity index (χ4v) is 2.71. The first-order valence-electron chi connectivity index (χ1n) is 6.88. The molecule has 1 unspecified atom stereocenters. The highest BCUT2D eigenvalue weighted by Crippen LogP contribution is 2.14. The normalized spacial score (nSPS) is 11.9. The van der Waals surface area contributed by atoms with Crippen LogP contribution in [0.4, 0.5) is 0 Å². The van der Waals surface area contributed by atoms with E-state index in [9.17, 15) is 0 Å². The fraction of sp³-hybridized carbons (Fsp3) is 0.500. The molecule has 1 aromatic carbocycles. The van der Waals surface area contributed by atoms with Gasteiger partial charge in [-0.25, -0.2) is 4.68 Å². The average molecular weight is 328 g/mol. The van der Waals surface area contributed by atoms with E-state index in [-0.39, 0.29) is 12.4 Å². The molecule has 0 aliphatic heterocycles. The lowest BCUT2D eigenvalue weighted by molar-refractivity contribution is 0.610. The van der Waals surface area contributed by atoms with Gasteiger partial charge in [0.2, 0.25) is 5.16 Å². The second-order valence-corrected chi connectivity index (χ2v) is 5.87. The SMILES string of the molecule is CC(CNCCCSc1nnnn1C)c1ccccc1.Cl. The minimum Gasteiger partial charge on any atom is -0.316 e. The second kappa shape index (κ2) is 9.76. The van der Waals surface area contributed by atoms with E-state index in [1.54, 1.807) is 16.4 Å². The summed E-state index contributed by atoms with van der Waals surface area (Å²) in [4.78, 5) is 0. The number of nitrogens with zero attached hydrogens (tertiary/aromatic N) is 4. The summed E-state index contributed by atoms with van der Waals surface area (Å²) in [7, 11) is 1.86. The van der Waals surface area contributed by atoms with Crippen molar-refractivity contribution in [2.24, 2.45) is 7.05 Å². The number of hydrogen-bond donors (Lipinski definition) is 1. The number of tetrazole rings is 1. The van der Waals surface area contributed by atoms with Gasteiger partial charge in [-0.3, -0.25) is 0 Å². The van der Waals surface area contributed by atoms with Crippen molar-refractivity contribution in [3.63, 3.8) is 0 Å². The lowest BCUT2D eigenvalue weighted by Crippen LogP contribution is -2.21. The van der Waals surface area contributed by atoms with Gasteiger partial charge in [-0.05, 0) is 34.9 Å². The van der Waals surface area contributed by atoms with E-state index in [2.05, 4.69) is 58.1 Å². The predicted octanol–water partition coefficient (Wildman–Crippen LogP) is 2.51. The molecule has 2 aromatic rings. The minimum atomic E-state index is 0. The Labute approximate surface area is 136 Å². The van der Waals surface area contributed by atoms with E-state index >= 15 is 0 Å². The summed E-state index contributed by atoms with van der Waals surface area (Å²) >= 11 is 1.70. The second-order valence-electron chi connectivity index (χ2n) is 4.80. The van der Waals surface area contributed by atoms with Crippen LogP contribution in [0.25, 0.3) is 0 Å². The van der Waals surface area contributed by atoms with E-state index in [0.29, 0.717) is 5.92 Å². The molecule has 0 spiro atoms. The monoisotopic (exact) mass is 327 g/mol. The van der Waals surface area contributed by atoms with E-state index in [1.807, 2.05) is 7.05 Å². The van der Waals surface area contributed by atoms with Crippen LogP contribution in [0, 0.1) is 0 Å². The molecule has 0 radical (unpaired) electrons. The van der Waals surface area contributed by atoms with E-state index in [4.69, 9.17) is 0 Å². The van der Waals surface area contributed by atoms with Crippen molar-refractivity contribution >= 4 is 24.2 Å². The van der Waals surface area contributed by atoms with Crippen molar-refractivity contribution in [2.75, 3.05) is 18.8 Å². The summed E-state index contributed by atoms with van der Waals surface area (Å²) < 4.78 is 1.70. The summed E-state index contributed by atoms with van der Waals surface area (Å²) in [5.41, 5.74) is 1.39. The molecule has 7 heteroatoms. The molecule has 1 atom stereocenters. The maximum absolute atomic E-state index is 3.95. The number of hydrogen-bond acceptors (Lipinski definition) is 5. The first kappa shape index (κ1) is 17.9. The summed E-state index contributed by atoms with van der Waals surface area (Å²) in [6.45, 7) is 4.29. The Bertz CT molecular complexity index is 505. The van der Waals surface area contributed by atoms with Crippen LogP contribution in [0.15, 0.2) is 35.5 Å². The zero-order valence-corrected chi connectivity index (χ0v) is 14.0. The molecule has 1 aromatic heterocycles. The molecule has 1 heterocycles. The molecule has 21 heavy (non-hydrogen) atoms. The molecule has 1 N–H and O–H groups in total. The molecule has 0 aliphatic rings. The zero-order chi connectivity index (χ0) is 14.2. The first-order chi connectivity index (χ1) is 9.77. The average Bonchev–Trinajstić information content (AvgIpc) is 2.89.